The van der Waals surface area contributed by atoms with Crippen molar-refractivity contribution in [2.45, 2.75) is 0 Å². The van der Waals surface area contributed by atoms with Gasteiger partial charge in [0.05, 0.1) is 46.3 Å². The topological polar surface area (TPSA) is 86.3 Å². The van der Waals surface area contributed by atoms with Gasteiger partial charge < -0.3 is 29.2 Å². The lowest BCUT2D eigenvalue weighted by molar-refractivity contribution is -0.138. The summed E-state index contributed by atoms with van der Waals surface area (Å²) in [5, 5.41) is 2.86. The Labute approximate surface area is 146 Å². The van der Waals surface area contributed by atoms with E-state index in [9.17, 15) is 9.59 Å². The van der Waals surface area contributed by atoms with Crippen LogP contribution < -0.4 is 15.0 Å². The minimum Gasteiger partial charge on any atom is -0.495 e. The van der Waals surface area contributed by atoms with Gasteiger partial charge in [0.25, 0.3) is 0 Å². The summed E-state index contributed by atoms with van der Waals surface area (Å²) >= 11 is 0. The summed E-state index contributed by atoms with van der Waals surface area (Å²) in [6.45, 7) is 2.88. The van der Waals surface area contributed by atoms with Gasteiger partial charge in [-0.05, 0) is 12.1 Å². The van der Waals surface area contributed by atoms with Crippen LogP contribution in [0.4, 0.5) is 11.4 Å². The molecule has 0 aromatic heterocycles. The Morgan fingerprint density at radius 2 is 1.88 bits per heavy atom. The van der Waals surface area contributed by atoms with Crippen LogP contribution in [0.15, 0.2) is 30.0 Å². The van der Waals surface area contributed by atoms with Gasteiger partial charge in [0, 0.05) is 24.8 Å². The van der Waals surface area contributed by atoms with Crippen molar-refractivity contribution in [3.63, 3.8) is 0 Å². The molecule has 8 nitrogen and oxygen atoms in total. The third-order valence-electron chi connectivity index (χ3n) is 3.68. The van der Waals surface area contributed by atoms with Crippen molar-refractivity contribution in [2.24, 2.45) is 0 Å². The van der Waals surface area contributed by atoms with Crippen LogP contribution in [0.1, 0.15) is 0 Å². The standard InChI is InChI=1S/C17H22N2O6/c1-22-15-10-12(4-5-14(15)19-6-8-25-9-7-19)18-13(17(21)24-3)11-16(20)23-2/h4-5,10-11,18H,6-9H2,1-3H3/b13-11+. The monoisotopic (exact) mass is 350 g/mol. The molecule has 1 saturated heterocycles. The molecule has 0 spiro atoms. The number of methoxy groups -OCH3 is 3. The number of anilines is 2. The Morgan fingerprint density at radius 3 is 2.48 bits per heavy atom. The van der Waals surface area contributed by atoms with Gasteiger partial charge in [-0.2, -0.15) is 0 Å². The normalized spacial score (nSPS) is 14.7. The minimum absolute atomic E-state index is 0.0319. The van der Waals surface area contributed by atoms with Gasteiger partial charge in [0.1, 0.15) is 11.4 Å². The molecular formula is C17H22N2O6. The molecule has 0 amide bonds. The van der Waals surface area contributed by atoms with Gasteiger partial charge in [-0.3, -0.25) is 0 Å². The maximum Gasteiger partial charge on any atom is 0.354 e. The first-order valence-corrected chi connectivity index (χ1v) is 7.74. The van der Waals surface area contributed by atoms with E-state index in [1.807, 2.05) is 6.07 Å². The zero-order valence-electron chi connectivity index (χ0n) is 14.5. The summed E-state index contributed by atoms with van der Waals surface area (Å²) in [5.41, 5.74) is 1.48. The molecule has 0 atom stereocenters. The number of rotatable bonds is 6. The molecule has 1 N–H and O–H groups in total. The number of carbonyl (C=O) groups excluding carboxylic acids is 2. The van der Waals surface area contributed by atoms with E-state index in [0.717, 1.165) is 24.9 Å². The first-order valence-electron chi connectivity index (χ1n) is 7.74. The van der Waals surface area contributed by atoms with E-state index in [0.29, 0.717) is 24.7 Å². The molecule has 1 aromatic carbocycles. The lowest BCUT2D eigenvalue weighted by atomic mass is 10.2. The summed E-state index contributed by atoms with van der Waals surface area (Å²) in [4.78, 5) is 25.4. The molecule has 1 heterocycles. The van der Waals surface area contributed by atoms with Crippen molar-refractivity contribution in [2.75, 3.05) is 57.8 Å². The molecule has 1 aromatic rings. The fourth-order valence-corrected chi connectivity index (χ4v) is 2.41. The highest BCUT2D eigenvalue weighted by atomic mass is 16.5. The molecule has 1 aliphatic rings. The van der Waals surface area contributed by atoms with E-state index in [4.69, 9.17) is 9.47 Å². The summed E-state index contributed by atoms with van der Waals surface area (Å²) in [5.74, 6) is -0.694. The predicted octanol–water partition coefficient (Wildman–Crippen LogP) is 1.17. The minimum atomic E-state index is -0.679. The van der Waals surface area contributed by atoms with Crippen molar-refractivity contribution in [3.05, 3.63) is 30.0 Å². The van der Waals surface area contributed by atoms with Crippen LogP contribution in [-0.2, 0) is 23.8 Å². The quantitative estimate of drug-likeness (QED) is 0.604. The van der Waals surface area contributed by atoms with Crippen LogP contribution in [-0.4, -0.2) is 59.6 Å². The number of ether oxygens (including phenoxy) is 4. The second kappa shape index (κ2) is 8.93. The highest BCUT2D eigenvalue weighted by Gasteiger charge is 2.17. The second-order valence-corrected chi connectivity index (χ2v) is 5.18. The average Bonchev–Trinajstić information content (AvgIpc) is 2.67. The molecule has 136 valence electrons. The van der Waals surface area contributed by atoms with Crippen LogP contribution in [0.5, 0.6) is 5.75 Å². The lowest BCUT2D eigenvalue weighted by Gasteiger charge is -2.30. The maximum absolute atomic E-state index is 11.8. The van der Waals surface area contributed by atoms with Crippen molar-refractivity contribution in [1.29, 1.82) is 0 Å². The Morgan fingerprint density at radius 1 is 1.16 bits per heavy atom. The van der Waals surface area contributed by atoms with E-state index < -0.39 is 11.9 Å². The molecule has 8 heteroatoms. The van der Waals surface area contributed by atoms with Gasteiger partial charge in [-0.15, -0.1) is 0 Å². The van der Waals surface area contributed by atoms with E-state index in [-0.39, 0.29) is 5.70 Å². The molecular weight excluding hydrogens is 328 g/mol. The molecule has 1 fully saturated rings. The molecule has 0 radical (unpaired) electrons. The summed E-state index contributed by atoms with van der Waals surface area (Å²) in [6, 6.07) is 5.43. The largest absolute Gasteiger partial charge is 0.495 e. The summed E-state index contributed by atoms with van der Waals surface area (Å²) in [6.07, 6.45) is 1.04. The highest BCUT2D eigenvalue weighted by Crippen LogP contribution is 2.32. The first kappa shape index (κ1) is 18.6. The van der Waals surface area contributed by atoms with E-state index in [1.165, 1.54) is 14.2 Å². The number of hydrogen-bond donors (Lipinski definition) is 1. The summed E-state index contributed by atoms with van der Waals surface area (Å²) in [7, 11) is 4.04. The Balaban J connectivity index is 2.24. The van der Waals surface area contributed by atoms with Crippen molar-refractivity contribution in [3.8, 4) is 5.75 Å². The fourth-order valence-electron chi connectivity index (χ4n) is 2.41. The second-order valence-electron chi connectivity index (χ2n) is 5.18. The van der Waals surface area contributed by atoms with E-state index in [2.05, 4.69) is 19.7 Å². The Bertz CT molecular complexity index is 653. The fraction of sp³-hybridized carbons (Fsp3) is 0.412. The van der Waals surface area contributed by atoms with Crippen LogP contribution in [0, 0.1) is 0 Å². The zero-order chi connectivity index (χ0) is 18.2. The van der Waals surface area contributed by atoms with Crippen LogP contribution in [0.3, 0.4) is 0 Å². The van der Waals surface area contributed by atoms with Gasteiger partial charge >= 0.3 is 11.9 Å². The predicted molar refractivity (Wildman–Crippen MR) is 91.8 cm³/mol. The molecule has 1 aliphatic heterocycles. The molecule has 0 saturated carbocycles. The van der Waals surface area contributed by atoms with Crippen LogP contribution in [0.25, 0.3) is 0 Å². The van der Waals surface area contributed by atoms with E-state index in [1.54, 1.807) is 19.2 Å². The number of benzene rings is 1. The molecule has 0 bridgehead atoms. The molecule has 0 aliphatic carbocycles. The molecule has 2 rings (SSSR count). The van der Waals surface area contributed by atoms with Gasteiger partial charge in [0.2, 0.25) is 0 Å². The highest BCUT2D eigenvalue weighted by molar-refractivity contribution is 5.98. The Hall–Kier alpha value is -2.74. The molecule has 25 heavy (non-hydrogen) atoms. The molecule has 0 unspecified atom stereocenters. The average molecular weight is 350 g/mol. The number of hydrogen-bond acceptors (Lipinski definition) is 8. The number of morpholine rings is 1. The smallest absolute Gasteiger partial charge is 0.354 e. The zero-order valence-corrected chi connectivity index (χ0v) is 14.5. The number of nitrogens with one attached hydrogen (secondary N) is 1. The van der Waals surface area contributed by atoms with Crippen molar-refractivity contribution >= 4 is 23.3 Å². The van der Waals surface area contributed by atoms with Gasteiger partial charge in [-0.1, -0.05) is 0 Å². The van der Waals surface area contributed by atoms with Gasteiger partial charge in [-0.25, -0.2) is 9.59 Å². The van der Waals surface area contributed by atoms with Crippen LogP contribution >= 0.6 is 0 Å². The number of esters is 2. The van der Waals surface area contributed by atoms with Crippen LogP contribution in [0.2, 0.25) is 0 Å². The van der Waals surface area contributed by atoms with Crippen molar-refractivity contribution in [1.82, 2.24) is 0 Å². The third kappa shape index (κ3) is 4.87. The SMILES string of the molecule is COC(=O)/C=C(/Nc1ccc(N2CCOCC2)c(OC)c1)C(=O)OC. The maximum atomic E-state index is 11.8. The van der Waals surface area contributed by atoms with Crippen molar-refractivity contribution < 1.29 is 28.5 Å². The third-order valence-corrected chi connectivity index (χ3v) is 3.68. The Kier molecular flexibility index (Phi) is 6.64. The number of carbonyl (C=O) groups is 2. The lowest BCUT2D eigenvalue weighted by Crippen LogP contribution is -2.36. The summed E-state index contributed by atoms with van der Waals surface area (Å²) < 4.78 is 20.0. The van der Waals surface area contributed by atoms with Gasteiger partial charge in [0.15, 0.2) is 0 Å². The first-order chi connectivity index (χ1) is 12.1. The van der Waals surface area contributed by atoms with E-state index >= 15 is 0 Å². The number of nitrogens with zero attached hydrogens (tertiary/aromatic N) is 1.